The number of ketones is 1. The van der Waals surface area contributed by atoms with E-state index < -0.39 is 0 Å². The van der Waals surface area contributed by atoms with Crippen LogP contribution in [0.3, 0.4) is 0 Å². The molecule has 0 atom stereocenters. The average molecular weight is 538 g/mol. The molecule has 1 aliphatic carbocycles. The fourth-order valence-electron chi connectivity index (χ4n) is 4.62. The predicted octanol–water partition coefficient (Wildman–Crippen LogP) is 5.26. The number of nitrogens with zero attached hydrogens (tertiary/aromatic N) is 2. The van der Waals surface area contributed by atoms with Crippen LogP contribution in [0.25, 0.3) is 10.9 Å². The Balaban J connectivity index is 1.28. The van der Waals surface area contributed by atoms with E-state index in [1.54, 1.807) is 24.4 Å². The van der Waals surface area contributed by atoms with Crippen molar-refractivity contribution in [2.45, 2.75) is 32.1 Å². The van der Waals surface area contributed by atoms with Crippen LogP contribution in [-0.4, -0.2) is 61.5 Å². The molecule has 8 nitrogen and oxygen atoms in total. The van der Waals surface area contributed by atoms with Crippen molar-refractivity contribution < 1.29 is 23.8 Å². The Morgan fingerprint density at radius 1 is 1.16 bits per heavy atom. The fourth-order valence-corrected chi connectivity index (χ4v) is 4.86. The molecule has 1 saturated heterocycles. The lowest BCUT2D eigenvalue weighted by molar-refractivity contribution is -0.118. The van der Waals surface area contributed by atoms with E-state index in [2.05, 4.69) is 15.2 Å². The van der Waals surface area contributed by atoms with Crippen molar-refractivity contribution in [3.8, 4) is 17.2 Å². The number of carbonyl (C=O) groups excluding carboxylic acids is 2. The molecule has 0 bridgehead atoms. The minimum Gasteiger partial charge on any atom is -0.491 e. The standard InChI is InChI=1S/C29H32ClN3O5/c30-25-16-23(5-4-21(25)15-22(35)14-20-2-3-20)38-28-6-7-31-26-18-29(27(32-19-34)17-24(26)28)37-11-1-8-33-9-12-36-13-10-33/h4-7,16-20H,1-3,8-15H2,(H,32,34). The van der Waals surface area contributed by atoms with Crippen LogP contribution in [0.4, 0.5) is 5.69 Å². The summed E-state index contributed by atoms with van der Waals surface area (Å²) in [6, 6.07) is 10.8. The monoisotopic (exact) mass is 537 g/mol. The Morgan fingerprint density at radius 2 is 2.00 bits per heavy atom. The lowest BCUT2D eigenvalue weighted by Gasteiger charge is -2.26. The molecule has 0 radical (unpaired) electrons. The Labute approximate surface area is 227 Å². The van der Waals surface area contributed by atoms with Crippen LogP contribution < -0.4 is 14.8 Å². The van der Waals surface area contributed by atoms with Crippen LogP contribution in [0.2, 0.25) is 5.02 Å². The highest BCUT2D eigenvalue weighted by atomic mass is 35.5. The second-order valence-electron chi connectivity index (χ2n) is 9.81. The number of Topliss-reactive ketones (excluding diaryl/α,β-unsaturated/α-hetero) is 1. The van der Waals surface area contributed by atoms with Gasteiger partial charge in [-0.25, -0.2) is 0 Å². The Hall–Kier alpha value is -3.20. The largest absolute Gasteiger partial charge is 0.491 e. The van der Waals surface area contributed by atoms with Crippen molar-refractivity contribution in [1.82, 2.24) is 9.88 Å². The van der Waals surface area contributed by atoms with Gasteiger partial charge >= 0.3 is 0 Å². The molecule has 1 saturated carbocycles. The van der Waals surface area contributed by atoms with Crippen LogP contribution in [0.15, 0.2) is 42.6 Å². The molecule has 5 rings (SSSR count). The van der Waals surface area contributed by atoms with Gasteiger partial charge in [-0.2, -0.15) is 0 Å². The number of ether oxygens (including phenoxy) is 3. The molecule has 200 valence electrons. The lowest BCUT2D eigenvalue weighted by Crippen LogP contribution is -2.37. The van der Waals surface area contributed by atoms with Crippen molar-refractivity contribution in [2.24, 2.45) is 5.92 Å². The third kappa shape index (κ3) is 7.01. The third-order valence-corrected chi connectivity index (χ3v) is 7.20. The van der Waals surface area contributed by atoms with Crippen molar-refractivity contribution in [1.29, 1.82) is 0 Å². The summed E-state index contributed by atoms with van der Waals surface area (Å²) in [6.07, 6.45) is 6.43. The molecular formula is C29H32ClN3O5. The predicted molar refractivity (Wildman–Crippen MR) is 146 cm³/mol. The van der Waals surface area contributed by atoms with Crippen molar-refractivity contribution in [3.63, 3.8) is 0 Å². The number of pyridine rings is 1. The summed E-state index contributed by atoms with van der Waals surface area (Å²) in [4.78, 5) is 30.4. The zero-order valence-corrected chi connectivity index (χ0v) is 22.0. The smallest absolute Gasteiger partial charge is 0.211 e. The summed E-state index contributed by atoms with van der Waals surface area (Å²) in [5, 5.41) is 3.95. The van der Waals surface area contributed by atoms with E-state index in [1.807, 2.05) is 18.2 Å². The number of rotatable bonds is 13. The van der Waals surface area contributed by atoms with E-state index in [4.69, 9.17) is 25.8 Å². The molecule has 0 spiro atoms. The topological polar surface area (TPSA) is 90.0 Å². The van der Waals surface area contributed by atoms with Crippen molar-refractivity contribution >= 4 is 40.4 Å². The zero-order valence-electron chi connectivity index (χ0n) is 21.3. The maximum absolute atomic E-state index is 12.3. The Morgan fingerprint density at radius 3 is 2.76 bits per heavy atom. The zero-order chi connectivity index (χ0) is 26.3. The minimum absolute atomic E-state index is 0.220. The van der Waals surface area contributed by atoms with Crippen molar-refractivity contribution in [3.05, 3.63) is 53.2 Å². The molecule has 2 aromatic carbocycles. The second-order valence-corrected chi connectivity index (χ2v) is 10.2. The summed E-state index contributed by atoms with van der Waals surface area (Å²) in [6.45, 7) is 4.86. The first-order valence-corrected chi connectivity index (χ1v) is 13.5. The highest BCUT2D eigenvalue weighted by molar-refractivity contribution is 6.31. The first-order chi connectivity index (χ1) is 18.6. The number of fused-ring (bicyclic) bond motifs is 1. The molecule has 0 unspecified atom stereocenters. The van der Waals surface area contributed by atoms with Gasteiger partial charge in [-0.15, -0.1) is 0 Å². The van der Waals surface area contributed by atoms with E-state index in [-0.39, 0.29) is 5.78 Å². The number of morpholine rings is 1. The quantitative estimate of drug-likeness (QED) is 0.235. The minimum atomic E-state index is 0.220. The Bertz CT molecular complexity index is 1290. The van der Waals surface area contributed by atoms with Crippen LogP contribution >= 0.6 is 11.6 Å². The van der Waals surface area contributed by atoms with Gasteiger partial charge in [-0.05, 0) is 55.0 Å². The molecular weight excluding hydrogens is 506 g/mol. The van der Waals surface area contributed by atoms with E-state index in [0.29, 0.717) is 65.3 Å². The van der Waals surface area contributed by atoms with Gasteiger partial charge in [0.1, 0.15) is 23.0 Å². The number of anilines is 1. The number of hydrogen-bond donors (Lipinski definition) is 1. The highest BCUT2D eigenvalue weighted by Crippen LogP contribution is 2.37. The van der Waals surface area contributed by atoms with E-state index in [0.717, 1.165) is 63.1 Å². The molecule has 38 heavy (non-hydrogen) atoms. The average Bonchev–Trinajstić information content (AvgIpc) is 3.73. The van der Waals surface area contributed by atoms with Gasteiger partial charge in [0.05, 0.1) is 31.0 Å². The Kier molecular flexibility index (Phi) is 8.73. The van der Waals surface area contributed by atoms with Crippen LogP contribution in [0.1, 0.15) is 31.2 Å². The molecule has 3 aromatic rings. The van der Waals surface area contributed by atoms with E-state index >= 15 is 0 Å². The normalized spacial score (nSPS) is 15.8. The van der Waals surface area contributed by atoms with Gasteiger partial charge in [-0.1, -0.05) is 17.7 Å². The highest BCUT2D eigenvalue weighted by Gasteiger charge is 2.24. The van der Waals surface area contributed by atoms with Crippen LogP contribution in [0, 0.1) is 5.92 Å². The summed E-state index contributed by atoms with van der Waals surface area (Å²) in [7, 11) is 0. The molecule has 1 aliphatic heterocycles. The first-order valence-electron chi connectivity index (χ1n) is 13.1. The maximum Gasteiger partial charge on any atom is 0.211 e. The number of carbonyl (C=O) groups is 2. The first kappa shape index (κ1) is 26.4. The number of amides is 1. The molecule has 2 fully saturated rings. The maximum atomic E-state index is 12.3. The van der Waals surface area contributed by atoms with Gasteiger partial charge < -0.3 is 19.5 Å². The SMILES string of the molecule is O=CNc1cc2c(Oc3ccc(CC(=O)CC4CC4)c(Cl)c3)ccnc2cc1OCCCN1CCOCC1. The van der Waals surface area contributed by atoms with Gasteiger partial charge in [0.2, 0.25) is 6.41 Å². The second kappa shape index (κ2) is 12.6. The van der Waals surface area contributed by atoms with Crippen LogP contribution in [-0.2, 0) is 20.7 Å². The number of nitrogens with one attached hydrogen (secondary N) is 1. The van der Waals surface area contributed by atoms with Gasteiger partial charge in [0.15, 0.2) is 0 Å². The lowest BCUT2D eigenvalue weighted by atomic mass is 10.0. The summed E-state index contributed by atoms with van der Waals surface area (Å²) < 4.78 is 17.6. The fraction of sp³-hybridized carbons (Fsp3) is 0.414. The van der Waals surface area contributed by atoms with Gasteiger partial charge in [0.25, 0.3) is 0 Å². The molecule has 2 aliphatic rings. The van der Waals surface area contributed by atoms with Crippen LogP contribution in [0.5, 0.6) is 17.2 Å². The van der Waals surface area contributed by atoms with Crippen molar-refractivity contribution in [2.75, 3.05) is 44.8 Å². The van der Waals surface area contributed by atoms with Gasteiger partial charge in [-0.3, -0.25) is 19.5 Å². The molecule has 1 N–H and O–H groups in total. The molecule has 1 aromatic heterocycles. The van der Waals surface area contributed by atoms with Gasteiger partial charge in [0, 0.05) is 55.1 Å². The summed E-state index contributed by atoms with van der Waals surface area (Å²) >= 11 is 6.49. The molecule has 2 heterocycles. The number of benzene rings is 2. The van der Waals surface area contributed by atoms with E-state index in [1.165, 1.54) is 0 Å². The molecule has 9 heteroatoms. The summed E-state index contributed by atoms with van der Waals surface area (Å²) in [5.41, 5.74) is 2.02. The molecule has 1 amide bonds. The third-order valence-electron chi connectivity index (χ3n) is 6.85. The number of hydrogen-bond acceptors (Lipinski definition) is 7. The van der Waals surface area contributed by atoms with E-state index in [9.17, 15) is 9.59 Å². The number of aromatic nitrogens is 1. The number of halogens is 1. The summed E-state index contributed by atoms with van der Waals surface area (Å²) in [5.74, 6) is 2.45.